The van der Waals surface area contributed by atoms with E-state index in [1.165, 1.54) is 57.8 Å². The van der Waals surface area contributed by atoms with Gasteiger partial charge < -0.3 is 19.8 Å². The number of carbonyl (C=O) groups excluding carboxylic acids is 1. The van der Waals surface area contributed by atoms with Gasteiger partial charge in [0.1, 0.15) is 13.2 Å². The van der Waals surface area contributed by atoms with Gasteiger partial charge >= 0.3 is 7.82 Å². The summed E-state index contributed by atoms with van der Waals surface area (Å²) in [6.45, 7) is 2.80. The number of aliphatic hydroxyl groups excluding tert-OH is 1. The standard InChI is InChI=1S/C50H78N3O8PS/c1-5-6-7-8-9-10-11-12-13-14-17-20-23-29-46(54)45(40-61-62(56,57)60-39-38-53(2,3)4)52-48(55)30-24-21-18-15-16-19-22-25-37-51-63(58,59)47-36-34-43-32-31-41-27-26-28-42-33-35-44(47)50(43)49(41)42/h23,26-29,31-36,45-46,51,54H,5-22,24-25,30,37-40H2,1-4H3,(H-,52,55,56,57)/p+1/b29-23+/t45-,46+/m0/s1. The number of hydrogen-bond donors (Lipinski definition) is 4. The molecule has 4 aromatic rings. The molecule has 0 heterocycles. The molecule has 0 aliphatic carbocycles. The number of allylic oxidation sites excluding steroid dienone is 1. The number of amides is 1. The lowest BCUT2D eigenvalue weighted by molar-refractivity contribution is -0.870. The molecule has 0 aromatic heterocycles. The molecule has 0 saturated heterocycles. The van der Waals surface area contributed by atoms with Crippen molar-refractivity contribution in [2.24, 2.45) is 0 Å². The Labute approximate surface area is 379 Å². The van der Waals surface area contributed by atoms with Crippen LogP contribution in [0.3, 0.4) is 0 Å². The van der Waals surface area contributed by atoms with Gasteiger partial charge in [-0.05, 0) is 58.7 Å². The van der Waals surface area contributed by atoms with Gasteiger partial charge in [0.25, 0.3) is 0 Å². The highest BCUT2D eigenvalue weighted by atomic mass is 32.2. The third kappa shape index (κ3) is 19.2. The molecule has 4 aromatic carbocycles. The number of unbranched alkanes of at least 4 members (excludes halogenated alkanes) is 18. The van der Waals surface area contributed by atoms with Crippen LogP contribution >= 0.6 is 7.82 Å². The van der Waals surface area contributed by atoms with Gasteiger partial charge in [-0.2, -0.15) is 0 Å². The fraction of sp³-hybridized carbons (Fsp3) is 0.620. The molecule has 1 unspecified atom stereocenters. The van der Waals surface area contributed by atoms with Gasteiger partial charge in [-0.3, -0.25) is 13.8 Å². The van der Waals surface area contributed by atoms with Crippen molar-refractivity contribution >= 4 is 56.1 Å². The molecule has 13 heteroatoms. The summed E-state index contributed by atoms with van der Waals surface area (Å²) in [5.74, 6) is -0.246. The molecule has 352 valence electrons. The summed E-state index contributed by atoms with van der Waals surface area (Å²) < 4.78 is 53.3. The van der Waals surface area contributed by atoms with Crippen LogP contribution in [-0.4, -0.2) is 88.4 Å². The third-order valence-corrected chi connectivity index (χ3v) is 14.4. The molecule has 11 nitrogen and oxygen atoms in total. The summed E-state index contributed by atoms with van der Waals surface area (Å²) in [6.07, 6.45) is 24.7. The van der Waals surface area contributed by atoms with Crippen molar-refractivity contribution in [3.05, 3.63) is 66.7 Å². The molecule has 0 spiro atoms. The van der Waals surface area contributed by atoms with E-state index in [1.807, 2.05) is 51.5 Å². The number of nitrogens with one attached hydrogen (secondary N) is 2. The first-order valence-electron chi connectivity index (χ1n) is 23.9. The molecule has 0 bridgehead atoms. The van der Waals surface area contributed by atoms with Gasteiger partial charge in [-0.15, -0.1) is 0 Å². The van der Waals surface area contributed by atoms with Crippen LogP contribution in [0.5, 0.6) is 0 Å². The molecular formula is C50H79N3O8PS+. The van der Waals surface area contributed by atoms with Crippen LogP contribution in [0.4, 0.5) is 0 Å². The number of rotatable bonds is 35. The Kier molecular flexibility index (Phi) is 23.0. The van der Waals surface area contributed by atoms with Crippen molar-refractivity contribution in [1.29, 1.82) is 0 Å². The van der Waals surface area contributed by atoms with Gasteiger partial charge in [0, 0.05) is 18.4 Å². The molecule has 0 radical (unpaired) electrons. The van der Waals surface area contributed by atoms with Crippen LogP contribution in [-0.2, 0) is 28.4 Å². The molecule has 0 fully saturated rings. The lowest BCUT2D eigenvalue weighted by atomic mass is 9.94. The zero-order valence-corrected chi connectivity index (χ0v) is 40.5. The summed E-state index contributed by atoms with van der Waals surface area (Å²) >= 11 is 0. The summed E-state index contributed by atoms with van der Waals surface area (Å²) in [5.41, 5.74) is 0. The monoisotopic (exact) mass is 913 g/mol. The molecule has 4 N–H and O–H groups in total. The van der Waals surface area contributed by atoms with Crippen LogP contribution < -0.4 is 10.0 Å². The van der Waals surface area contributed by atoms with E-state index < -0.39 is 30.0 Å². The first kappa shape index (κ1) is 52.7. The highest BCUT2D eigenvalue weighted by Gasteiger charge is 2.28. The van der Waals surface area contributed by atoms with Gasteiger partial charge in [-0.25, -0.2) is 17.7 Å². The third-order valence-electron chi connectivity index (χ3n) is 11.9. The van der Waals surface area contributed by atoms with E-state index >= 15 is 0 Å². The topological polar surface area (TPSA) is 151 Å². The Hall–Kier alpha value is -2.93. The Morgan fingerprint density at radius 2 is 1.27 bits per heavy atom. The second kappa shape index (κ2) is 27.5. The number of phosphoric ester groups is 1. The van der Waals surface area contributed by atoms with Crippen molar-refractivity contribution < 1.29 is 41.3 Å². The lowest BCUT2D eigenvalue weighted by Gasteiger charge is -2.25. The van der Waals surface area contributed by atoms with Crippen LogP contribution in [0.2, 0.25) is 0 Å². The Balaban J connectivity index is 1.11. The molecule has 1 amide bonds. The van der Waals surface area contributed by atoms with E-state index in [0.29, 0.717) is 28.9 Å². The van der Waals surface area contributed by atoms with Gasteiger partial charge in [-0.1, -0.05) is 170 Å². The zero-order chi connectivity index (χ0) is 45.6. The number of carbonyl (C=O) groups is 1. The molecule has 0 saturated carbocycles. The molecule has 4 rings (SSSR count). The van der Waals surface area contributed by atoms with E-state index in [2.05, 4.69) is 41.2 Å². The van der Waals surface area contributed by atoms with Crippen molar-refractivity contribution in [1.82, 2.24) is 10.0 Å². The Bertz CT molecular complexity index is 2110. The summed E-state index contributed by atoms with van der Waals surface area (Å²) in [7, 11) is -2.22. The maximum Gasteiger partial charge on any atom is 0.472 e. The minimum Gasteiger partial charge on any atom is -0.387 e. The average Bonchev–Trinajstić information content (AvgIpc) is 3.24. The minimum absolute atomic E-state index is 0.0293. The SMILES string of the molecule is CCCCCCCCCCCCC/C=C/[C@@H](O)[C@H](COP(=O)(O)OCC[N+](C)(C)C)NC(=O)CCCCCCCCCCNS(=O)(=O)c1ccc2ccc3cccc4ccc1c2c34. The van der Waals surface area contributed by atoms with Gasteiger partial charge in [0.15, 0.2) is 0 Å². The first-order chi connectivity index (χ1) is 30.2. The quantitative estimate of drug-likeness (QED) is 0.0117. The van der Waals surface area contributed by atoms with E-state index in [9.17, 15) is 27.8 Å². The van der Waals surface area contributed by atoms with Crippen molar-refractivity contribution in [3.8, 4) is 0 Å². The van der Waals surface area contributed by atoms with Crippen LogP contribution in [0.15, 0.2) is 71.6 Å². The zero-order valence-electron chi connectivity index (χ0n) is 38.8. The molecular weight excluding hydrogens is 834 g/mol. The Morgan fingerprint density at radius 3 is 1.89 bits per heavy atom. The number of phosphoric acid groups is 1. The fourth-order valence-electron chi connectivity index (χ4n) is 8.14. The van der Waals surface area contributed by atoms with Crippen LogP contribution in [0, 0.1) is 0 Å². The first-order valence-corrected chi connectivity index (χ1v) is 26.9. The molecule has 63 heavy (non-hydrogen) atoms. The number of aliphatic hydroxyl groups is 1. The van der Waals surface area contributed by atoms with E-state index in [0.717, 1.165) is 96.5 Å². The number of likely N-dealkylation sites (N-methyl/N-ethyl adjacent to an activating group) is 1. The van der Waals surface area contributed by atoms with Crippen molar-refractivity contribution in [3.63, 3.8) is 0 Å². The van der Waals surface area contributed by atoms with Gasteiger partial charge in [0.05, 0.1) is 44.8 Å². The second-order valence-electron chi connectivity index (χ2n) is 18.4. The van der Waals surface area contributed by atoms with Gasteiger partial charge in [0.2, 0.25) is 15.9 Å². The van der Waals surface area contributed by atoms with E-state index in [-0.39, 0.29) is 25.5 Å². The molecule has 0 aliphatic heterocycles. The number of sulfonamides is 1. The summed E-state index contributed by atoms with van der Waals surface area (Å²) in [6, 6.07) is 16.9. The van der Waals surface area contributed by atoms with Crippen LogP contribution in [0.25, 0.3) is 32.3 Å². The van der Waals surface area contributed by atoms with E-state index in [1.54, 1.807) is 12.1 Å². The van der Waals surface area contributed by atoms with Crippen molar-refractivity contribution in [2.45, 2.75) is 159 Å². The number of quaternary nitrogens is 1. The summed E-state index contributed by atoms with van der Waals surface area (Å²) in [5, 5.41) is 19.9. The predicted molar refractivity (Wildman–Crippen MR) is 260 cm³/mol. The fourth-order valence-corrected chi connectivity index (χ4v) is 10.2. The predicted octanol–water partition coefficient (Wildman–Crippen LogP) is 11.3. The van der Waals surface area contributed by atoms with Crippen molar-refractivity contribution in [2.75, 3.05) is 47.4 Å². The smallest absolute Gasteiger partial charge is 0.387 e. The number of nitrogens with zero attached hydrogens (tertiary/aromatic N) is 1. The molecule has 0 aliphatic rings. The van der Waals surface area contributed by atoms with E-state index in [4.69, 9.17) is 9.05 Å². The summed E-state index contributed by atoms with van der Waals surface area (Å²) in [4.78, 5) is 23.6. The van der Waals surface area contributed by atoms with Crippen LogP contribution in [0.1, 0.15) is 142 Å². The minimum atomic E-state index is -4.39. The highest BCUT2D eigenvalue weighted by Crippen LogP contribution is 2.43. The largest absolute Gasteiger partial charge is 0.472 e. The lowest BCUT2D eigenvalue weighted by Crippen LogP contribution is -2.45. The molecule has 3 atom stereocenters. The number of hydrogen-bond acceptors (Lipinski definition) is 7. The average molecular weight is 913 g/mol. The Morgan fingerprint density at radius 1 is 0.730 bits per heavy atom. The normalized spacial score (nSPS) is 14.6. The highest BCUT2D eigenvalue weighted by molar-refractivity contribution is 7.89. The number of benzene rings is 4. The second-order valence-corrected chi connectivity index (χ2v) is 21.6. The maximum absolute atomic E-state index is 13.4. The maximum atomic E-state index is 13.4.